The van der Waals surface area contributed by atoms with Gasteiger partial charge < -0.3 is 5.32 Å². The van der Waals surface area contributed by atoms with Crippen LogP contribution in [0, 0.1) is 6.92 Å². The molecule has 1 aromatic heterocycles. The number of nitrogens with zero attached hydrogens (tertiary/aromatic N) is 1. The molecule has 0 aliphatic carbocycles. The molecule has 1 atom stereocenters. The number of likely N-dealkylation sites (N-methyl/N-ethyl adjacent to an activating group) is 1. The standard InChI is InChI=1S/C15H16Br2N2/c1-10-5-12(16)3-4-14(10)15(18-2)7-11-6-13(17)9-19-8-11/h3-6,8-9,15,18H,7H2,1-2H3. The summed E-state index contributed by atoms with van der Waals surface area (Å²) in [6, 6.07) is 8.83. The zero-order chi connectivity index (χ0) is 13.8. The van der Waals surface area contributed by atoms with Gasteiger partial charge >= 0.3 is 0 Å². The summed E-state index contributed by atoms with van der Waals surface area (Å²) >= 11 is 6.97. The van der Waals surface area contributed by atoms with Gasteiger partial charge in [0.2, 0.25) is 0 Å². The average molecular weight is 384 g/mol. The minimum Gasteiger partial charge on any atom is -0.313 e. The topological polar surface area (TPSA) is 24.9 Å². The Morgan fingerprint density at radius 3 is 2.58 bits per heavy atom. The molecule has 0 bridgehead atoms. The maximum atomic E-state index is 4.22. The molecule has 1 unspecified atom stereocenters. The van der Waals surface area contributed by atoms with Gasteiger partial charge in [-0.05, 0) is 71.2 Å². The monoisotopic (exact) mass is 382 g/mol. The van der Waals surface area contributed by atoms with E-state index in [1.165, 1.54) is 16.7 Å². The highest BCUT2D eigenvalue weighted by Gasteiger charge is 2.13. The molecule has 0 saturated heterocycles. The number of hydrogen-bond acceptors (Lipinski definition) is 2. The summed E-state index contributed by atoms with van der Waals surface area (Å²) in [4.78, 5) is 4.22. The van der Waals surface area contributed by atoms with Crippen molar-refractivity contribution in [3.63, 3.8) is 0 Å². The first-order valence-electron chi connectivity index (χ1n) is 6.13. The van der Waals surface area contributed by atoms with Crippen molar-refractivity contribution >= 4 is 31.9 Å². The predicted molar refractivity (Wildman–Crippen MR) is 86.3 cm³/mol. The second-order valence-electron chi connectivity index (χ2n) is 4.56. The number of aryl methyl sites for hydroxylation is 1. The van der Waals surface area contributed by atoms with Crippen LogP contribution in [0.25, 0.3) is 0 Å². The van der Waals surface area contributed by atoms with Crippen LogP contribution < -0.4 is 5.32 Å². The third kappa shape index (κ3) is 3.88. The van der Waals surface area contributed by atoms with Gasteiger partial charge in [0.15, 0.2) is 0 Å². The zero-order valence-electron chi connectivity index (χ0n) is 11.0. The van der Waals surface area contributed by atoms with Crippen molar-refractivity contribution in [1.82, 2.24) is 10.3 Å². The third-order valence-electron chi connectivity index (χ3n) is 3.16. The molecule has 0 aliphatic heterocycles. The van der Waals surface area contributed by atoms with Gasteiger partial charge in [0.1, 0.15) is 0 Å². The van der Waals surface area contributed by atoms with Gasteiger partial charge in [0.05, 0.1) is 0 Å². The van der Waals surface area contributed by atoms with Gasteiger partial charge in [-0.15, -0.1) is 0 Å². The number of rotatable bonds is 4. The van der Waals surface area contributed by atoms with Gasteiger partial charge in [-0.2, -0.15) is 0 Å². The van der Waals surface area contributed by atoms with E-state index in [9.17, 15) is 0 Å². The number of pyridine rings is 1. The maximum absolute atomic E-state index is 4.22. The fourth-order valence-corrected chi connectivity index (χ4v) is 3.09. The van der Waals surface area contributed by atoms with Crippen LogP contribution in [0.15, 0.2) is 45.6 Å². The molecular formula is C15H16Br2N2. The van der Waals surface area contributed by atoms with E-state index in [-0.39, 0.29) is 0 Å². The summed E-state index contributed by atoms with van der Waals surface area (Å²) in [6.07, 6.45) is 4.65. The highest BCUT2D eigenvalue weighted by Crippen LogP contribution is 2.25. The second kappa shape index (κ2) is 6.64. The fraction of sp³-hybridized carbons (Fsp3) is 0.267. The quantitative estimate of drug-likeness (QED) is 0.845. The molecule has 0 amide bonds. The summed E-state index contributed by atoms with van der Waals surface area (Å²) in [7, 11) is 2.00. The molecule has 0 spiro atoms. The van der Waals surface area contributed by atoms with Crippen molar-refractivity contribution in [2.24, 2.45) is 0 Å². The van der Waals surface area contributed by atoms with Gasteiger partial charge in [-0.25, -0.2) is 0 Å². The highest BCUT2D eigenvalue weighted by molar-refractivity contribution is 9.10. The summed E-state index contributed by atoms with van der Waals surface area (Å²) in [5.41, 5.74) is 3.83. The van der Waals surface area contributed by atoms with Crippen LogP contribution in [0.1, 0.15) is 22.7 Å². The molecule has 2 aromatic rings. The van der Waals surface area contributed by atoms with E-state index in [0.29, 0.717) is 6.04 Å². The van der Waals surface area contributed by atoms with Crippen LogP contribution >= 0.6 is 31.9 Å². The lowest BCUT2D eigenvalue weighted by molar-refractivity contribution is 0.588. The summed E-state index contributed by atoms with van der Waals surface area (Å²) < 4.78 is 2.14. The van der Waals surface area contributed by atoms with Crippen LogP contribution in [0.5, 0.6) is 0 Å². The van der Waals surface area contributed by atoms with E-state index in [1.54, 1.807) is 0 Å². The predicted octanol–water partition coefficient (Wildman–Crippen LogP) is 4.42. The van der Waals surface area contributed by atoms with Gasteiger partial charge in [-0.3, -0.25) is 4.98 Å². The number of nitrogens with one attached hydrogen (secondary N) is 1. The molecule has 100 valence electrons. The van der Waals surface area contributed by atoms with Crippen molar-refractivity contribution in [2.75, 3.05) is 7.05 Å². The number of halogens is 2. The van der Waals surface area contributed by atoms with Crippen LogP contribution in [0.3, 0.4) is 0 Å². The highest BCUT2D eigenvalue weighted by atomic mass is 79.9. The molecular weight excluding hydrogens is 368 g/mol. The molecule has 0 aliphatic rings. The van der Waals surface area contributed by atoms with Crippen LogP contribution in [-0.2, 0) is 6.42 Å². The number of benzene rings is 1. The Morgan fingerprint density at radius 1 is 1.16 bits per heavy atom. The lowest BCUT2D eigenvalue weighted by Crippen LogP contribution is -2.19. The summed E-state index contributed by atoms with van der Waals surface area (Å²) in [5, 5.41) is 3.39. The number of aromatic nitrogens is 1. The smallest absolute Gasteiger partial charge is 0.0410 e. The lowest BCUT2D eigenvalue weighted by Gasteiger charge is -2.19. The Labute approximate surface area is 130 Å². The molecule has 0 saturated carbocycles. The summed E-state index contributed by atoms with van der Waals surface area (Å²) in [6.45, 7) is 2.14. The van der Waals surface area contributed by atoms with Crippen molar-refractivity contribution in [3.8, 4) is 0 Å². The van der Waals surface area contributed by atoms with Crippen molar-refractivity contribution in [2.45, 2.75) is 19.4 Å². The molecule has 19 heavy (non-hydrogen) atoms. The molecule has 1 N–H and O–H groups in total. The van der Waals surface area contributed by atoms with Crippen molar-refractivity contribution < 1.29 is 0 Å². The van der Waals surface area contributed by atoms with E-state index in [0.717, 1.165) is 15.4 Å². The average Bonchev–Trinajstić information content (AvgIpc) is 2.37. The Kier molecular flexibility index (Phi) is 5.13. The molecule has 4 heteroatoms. The van der Waals surface area contributed by atoms with E-state index in [2.05, 4.69) is 73.3 Å². The summed E-state index contributed by atoms with van der Waals surface area (Å²) in [5.74, 6) is 0. The van der Waals surface area contributed by atoms with Crippen LogP contribution in [0.2, 0.25) is 0 Å². The Bertz CT molecular complexity index is 570. The first-order chi connectivity index (χ1) is 9.10. The van der Waals surface area contributed by atoms with E-state index < -0.39 is 0 Å². The van der Waals surface area contributed by atoms with E-state index >= 15 is 0 Å². The molecule has 1 heterocycles. The molecule has 2 rings (SSSR count). The van der Waals surface area contributed by atoms with Gasteiger partial charge in [0, 0.05) is 27.4 Å². The van der Waals surface area contributed by atoms with Crippen LogP contribution in [0.4, 0.5) is 0 Å². The first kappa shape index (κ1) is 14.7. The lowest BCUT2D eigenvalue weighted by atomic mass is 9.96. The van der Waals surface area contributed by atoms with E-state index in [1.807, 2.05) is 19.4 Å². The third-order valence-corrected chi connectivity index (χ3v) is 4.08. The molecule has 2 nitrogen and oxygen atoms in total. The SMILES string of the molecule is CNC(Cc1cncc(Br)c1)c1ccc(Br)cc1C. The Morgan fingerprint density at radius 2 is 1.95 bits per heavy atom. The first-order valence-corrected chi connectivity index (χ1v) is 7.71. The fourth-order valence-electron chi connectivity index (χ4n) is 2.20. The maximum Gasteiger partial charge on any atom is 0.0410 e. The van der Waals surface area contributed by atoms with Crippen LogP contribution in [-0.4, -0.2) is 12.0 Å². The molecule has 0 radical (unpaired) electrons. The Hall–Kier alpha value is -0.710. The molecule has 0 fully saturated rings. The van der Waals surface area contributed by atoms with Gasteiger partial charge in [0.25, 0.3) is 0 Å². The molecule has 1 aromatic carbocycles. The Balaban J connectivity index is 2.25. The van der Waals surface area contributed by atoms with E-state index in [4.69, 9.17) is 0 Å². The second-order valence-corrected chi connectivity index (χ2v) is 6.39. The normalized spacial score (nSPS) is 12.4. The largest absolute Gasteiger partial charge is 0.313 e. The van der Waals surface area contributed by atoms with Crippen molar-refractivity contribution in [1.29, 1.82) is 0 Å². The minimum atomic E-state index is 0.296. The van der Waals surface area contributed by atoms with Crippen molar-refractivity contribution in [3.05, 3.63) is 62.3 Å². The van der Waals surface area contributed by atoms with Gasteiger partial charge in [-0.1, -0.05) is 22.0 Å². The minimum absolute atomic E-state index is 0.296. The zero-order valence-corrected chi connectivity index (χ0v) is 14.1. The number of hydrogen-bond donors (Lipinski definition) is 1.